The molecule has 0 unspecified atom stereocenters. The maximum absolute atomic E-state index is 10.3. The van der Waals surface area contributed by atoms with E-state index in [9.17, 15) is 4.11 Å². The third-order valence-electron chi connectivity index (χ3n) is 26.6. The van der Waals surface area contributed by atoms with Crippen LogP contribution in [0.1, 0.15) is 62.3 Å². The van der Waals surface area contributed by atoms with Gasteiger partial charge in [-0.05, 0) is 261 Å². The van der Waals surface area contributed by atoms with Crippen LogP contribution in [-0.2, 0) is 10.8 Å². The van der Waals surface area contributed by atoms with Crippen molar-refractivity contribution in [2.45, 2.75) is 59.2 Å². The van der Waals surface area contributed by atoms with Crippen molar-refractivity contribution < 1.29 is 4.11 Å². The van der Waals surface area contributed by atoms with E-state index >= 15 is 0 Å². The fourth-order valence-corrected chi connectivity index (χ4v) is 20.3. The van der Waals surface area contributed by atoms with E-state index in [1.807, 2.05) is 0 Å². The Morgan fingerprint density at radius 2 is 0.500 bits per heavy atom. The maximum atomic E-state index is 10.3. The zero-order valence-corrected chi connectivity index (χ0v) is 72.4. The highest BCUT2D eigenvalue weighted by Crippen LogP contribution is 2.56. The summed E-state index contributed by atoms with van der Waals surface area (Å²) in [5, 5.41) is 4.55. The molecule has 5 heteroatoms. The van der Waals surface area contributed by atoms with Crippen molar-refractivity contribution in [2.24, 2.45) is 0 Å². The van der Waals surface area contributed by atoms with Crippen LogP contribution in [0, 0.1) is 6.85 Å². The van der Waals surface area contributed by atoms with Crippen LogP contribution >= 0.6 is 0 Å². The van der Waals surface area contributed by atoms with Gasteiger partial charge in [-0.2, -0.15) is 0 Å². The highest BCUT2D eigenvalue weighted by molar-refractivity contribution is 7.00. The first-order valence-electron chi connectivity index (χ1n) is 46.1. The summed E-state index contributed by atoms with van der Waals surface area (Å²) in [5.41, 5.74) is 37.7. The van der Waals surface area contributed by atoms with Crippen LogP contribution in [0.4, 0.5) is 34.1 Å². The predicted molar refractivity (Wildman–Crippen MR) is 546 cm³/mol. The second-order valence-electron chi connectivity index (χ2n) is 36.5. The number of fused-ring (bicyclic) bond motifs is 10. The lowest BCUT2D eigenvalue weighted by molar-refractivity contribution is 0.590. The van der Waals surface area contributed by atoms with Gasteiger partial charge in [-0.1, -0.05) is 357 Å². The van der Waals surface area contributed by atoms with Crippen LogP contribution in [-0.4, -0.2) is 15.8 Å². The number of rotatable bonds is 14. The first-order valence-corrected chi connectivity index (χ1v) is 44.6. The molecule has 0 N–H and O–H groups in total. The van der Waals surface area contributed by atoms with Gasteiger partial charge in [-0.3, -0.25) is 0 Å². The zero-order valence-electron chi connectivity index (χ0n) is 75.4. The monoisotopic (exact) mass is 1640 g/mol. The number of benzene rings is 19. The number of hydrogen-bond acceptors (Lipinski definition) is 2. The first kappa shape index (κ1) is 73.9. The SMILES string of the molecule is [2H]C([2H])([2H])c1cc2c3c(c1)N(c1c(-c4ccccc4)cc(C(C)(C)C)cc1-c1cccc(-c4cccc(-c5ccccc5)c4)c1)c1cc(-n4c5ccccc5c5cc(-c6ccccc6)ccc54)ccc1B3c1ccc(-n3c4ccccc4c4cc(-c5ccccc5)ccc43)cc1N2c1c(-c2ccccc2)cc(C(C)(C)C)cc1-c1cccc(-c2cccc(-c3ccccc3)c2)c1. The molecule has 2 aromatic heterocycles. The molecule has 19 aromatic carbocycles. The fraction of sp³-hybridized carbons (Fsp3) is 0.0732. The molecule has 0 spiro atoms. The van der Waals surface area contributed by atoms with Crippen molar-refractivity contribution in [2.75, 3.05) is 9.80 Å². The Kier molecular flexibility index (Phi) is 17.9. The molecule has 0 fully saturated rings. The van der Waals surface area contributed by atoms with Crippen molar-refractivity contribution >= 4 is 101 Å². The fourth-order valence-electron chi connectivity index (χ4n) is 20.3. The second-order valence-corrected chi connectivity index (χ2v) is 36.5. The Hall–Kier alpha value is -15.6. The molecular weight excluding hydrogens is 1540 g/mol. The molecule has 23 rings (SSSR count). The van der Waals surface area contributed by atoms with Crippen molar-refractivity contribution in [3.05, 3.63) is 453 Å². The Morgan fingerprint density at radius 3 is 0.844 bits per heavy atom. The molecule has 0 saturated heterocycles. The van der Waals surface area contributed by atoms with Crippen molar-refractivity contribution in [3.63, 3.8) is 0 Å². The van der Waals surface area contributed by atoms with Crippen LogP contribution in [0.2, 0.25) is 0 Å². The Bertz CT molecular complexity index is 7620. The van der Waals surface area contributed by atoms with E-state index in [1.54, 1.807) is 0 Å². The average Bonchev–Trinajstić information content (AvgIpc) is 1.46. The maximum Gasteiger partial charge on any atom is 0.252 e. The number of nitrogens with zero attached hydrogens (tertiary/aromatic N) is 4. The van der Waals surface area contributed by atoms with E-state index in [1.165, 1.54) is 0 Å². The van der Waals surface area contributed by atoms with Gasteiger partial charge in [0.25, 0.3) is 6.71 Å². The van der Waals surface area contributed by atoms with Crippen molar-refractivity contribution in [1.82, 2.24) is 9.13 Å². The molecule has 0 atom stereocenters. The molecule has 0 aliphatic carbocycles. The van der Waals surface area contributed by atoms with E-state index in [2.05, 4.69) is 497 Å². The number of hydrogen-bond donors (Lipinski definition) is 0. The third kappa shape index (κ3) is 13.4. The van der Waals surface area contributed by atoms with E-state index in [0.717, 1.165) is 228 Å². The largest absolute Gasteiger partial charge is 0.310 e. The Morgan fingerprint density at radius 1 is 0.219 bits per heavy atom. The summed E-state index contributed by atoms with van der Waals surface area (Å²) in [6.07, 6.45) is 0. The molecular formula is C123H93BN4. The molecule has 4 nitrogen and oxygen atoms in total. The molecule has 0 radical (unpaired) electrons. The van der Waals surface area contributed by atoms with E-state index < -0.39 is 13.6 Å². The summed E-state index contributed by atoms with van der Waals surface area (Å²) in [5.74, 6) is 0. The van der Waals surface area contributed by atoms with Crippen LogP contribution in [0.15, 0.2) is 437 Å². The van der Waals surface area contributed by atoms with E-state index in [0.29, 0.717) is 0 Å². The molecule has 0 amide bonds. The summed E-state index contributed by atoms with van der Waals surface area (Å²) < 4.78 is 35.8. The van der Waals surface area contributed by atoms with Gasteiger partial charge < -0.3 is 18.9 Å². The Labute approximate surface area is 754 Å². The minimum absolute atomic E-state index is 0.205. The quantitative estimate of drug-likeness (QED) is 0.101. The van der Waals surface area contributed by atoms with Crippen LogP contribution in [0.5, 0.6) is 0 Å². The molecule has 4 heterocycles. The van der Waals surface area contributed by atoms with Crippen molar-refractivity contribution in [3.8, 4) is 123 Å². The lowest BCUT2D eigenvalue weighted by Gasteiger charge is -2.46. The summed E-state index contributed by atoms with van der Waals surface area (Å²) in [6, 6.07) is 160. The van der Waals surface area contributed by atoms with E-state index in [4.69, 9.17) is 0 Å². The van der Waals surface area contributed by atoms with Gasteiger partial charge >= 0.3 is 0 Å². The lowest BCUT2D eigenvalue weighted by atomic mass is 9.33. The van der Waals surface area contributed by atoms with E-state index in [-0.39, 0.29) is 16.4 Å². The Balaban J connectivity index is 0.866. The highest BCUT2D eigenvalue weighted by atomic mass is 15.2. The van der Waals surface area contributed by atoms with Crippen LogP contribution in [0.25, 0.3) is 166 Å². The number of aryl methyl sites for hydroxylation is 1. The van der Waals surface area contributed by atoms with Gasteiger partial charge in [0.15, 0.2) is 0 Å². The van der Waals surface area contributed by atoms with Crippen LogP contribution < -0.4 is 26.2 Å². The second kappa shape index (κ2) is 31.0. The van der Waals surface area contributed by atoms with Gasteiger partial charge in [0, 0.05) is 82.0 Å². The third-order valence-corrected chi connectivity index (χ3v) is 26.6. The molecule has 0 saturated carbocycles. The summed E-state index contributed by atoms with van der Waals surface area (Å²) in [7, 11) is 0. The average molecular weight is 1640 g/mol. The van der Waals surface area contributed by atoms with Gasteiger partial charge in [-0.15, -0.1) is 0 Å². The lowest BCUT2D eigenvalue weighted by Crippen LogP contribution is -2.61. The molecule has 608 valence electrons. The van der Waals surface area contributed by atoms with Gasteiger partial charge in [-0.25, -0.2) is 0 Å². The zero-order chi connectivity index (χ0) is 88.5. The topological polar surface area (TPSA) is 16.3 Å². The number of anilines is 6. The molecule has 21 aromatic rings. The molecule has 128 heavy (non-hydrogen) atoms. The highest BCUT2D eigenvalue weighted by Gasteiger charge is 2.46. The van der Waals surface area contributed by atoms with Gasteiger partial charge in [0.2, 0.25) is 0 Å². The minimum atomic E-state index is -2.67. The van der Waals surface area contributed by atoms with Crippen LogP contribution in [0.3, 0.4) is 0 Å². The number of aromatic nitrogens is 2. The smallest absolute Gasteiger partial charge is 0.252 e. The van der Waals surface area contributed by atoms with Crippen molar-refractivity contribution in [1.29, 1.82) is 0 Å². The summed E-state index contributed by atoms with van der Waals surface area (Å²) in [6.45, 7) is 10.7. The first-order chi connectivity index (χ1) is 63.9. The summed E-state index contributed by atoms with van der Waals surface area (Å²) >= 11 is 0. The normalized spacial score (nSPS) is 12.9. The molecule has 2 aliphatic heterocycles. The van der Waals surface area contributed by atoms with Gasteiger partial charge in [0.1, 0.15) is 0 Å². The predicted octanol–water partition coefficient (Wildman–Crippen LogP) is 31.5. The molecule has 0 bridgehead atoms. The summed E-state index contributed by atoms with van der Waals surface area (Å²) in [4.78, 5) is 5.04. The van der Waals surface area contributed by atoms with Gasteiger partial charge in [0.05, 0.1) is 33.4 Å². The minimum Gasteiger partial charge on any atom is -0.310 e. The number of para-hydroxylation sites is 2. The molecule has 2 aliphatic rings. The standard InChI is InChI=1S/C123H93BN4/c1-80-66-117-119-118(67-80)128(121-104(86-44-24-13-25-45-86)75-98(123(5,6)7)77-106(121)96-53-33-51-92(71-96)90-49-31-47-88(69-90)82-36-16-9-17-37-82)116-79-100(126-112-57-29-27-55-102(112)108-73-94(59-65-114(108)126)84-40-20-11-21-41-84)61-63-110(116)124(119)109-62-60-99(125-111-56-28-26-54-101(111)107-72-93(58-64-113(107)125)83-38-18-10-19-39-83)78-115(109)127(117)120-103(85-42-22-12-23-43-85)74-97(122(2,3)4)76-105(120)95-52-32-50-91(70-95)89-48-30-46-87(68-89)81-34-14-8-15-35-81/h8-79H,1-7H3/i1D3.